The van der Waals surface area contributed by atoms with Crippen LogP contribution >= 0.6 is 11.8 Å². The van der Waals surface area contributed by atoms with Gasteiger partial charge in [-0.3, -0.25) is 9.59 Å². The summed E-state index contributed by atoms with van der Waals surface area (Å²) in [6.45, 7) is 0.720. The average Bonchev–Trinajstić information content (AvgIpc) is 3.07. The van der Waals surface area contributed by atoms with Crippen LogP contribution in [0, 0.1) is 0 Å². The van der Waals surface area contributed by atoms with Crippen molar-refractivity contribution in [3.8, 4) is 0 Å². The lowest BCUT2D eigenvalue weighted by Gasteiger charge is -2.22. The monoisotopic (exact) mass is 369 g/mol. The van der Waals surface area contributed by atoms with E-state index in [2.05, 4.69) is 4.98 Å². The highest BCUT2D eigenvalue weighted by Crippen LogP contribution is 2.23. The van der Waals surface area contributed by atoms with Crippen LogP contribution in [0.2, 0.25) is 0 Å². The van der Waals surface area contributed by atoms with E-state index in [1.54, 1.807) is 4.90 Å². The molecule has 0 radical (unpaired) electrons. The largest absolute Gasteiger partial charge is 0.431 e. The Hall–Kier alpha value is -2.80. The maximum atomic E-state index is 12.6. The Morgan fingerprint density at radius 1 is 1.08 bits per heavy atom. The highest BCUT2D eigenvalue weighted by atomic mass is 32.2. The highest BCUT2D eigenvalue weighted by Gasteiger charge is 2.17. The maximum Gasteiger partial charge on any atom is 0.257 e. The van der Waals surface area contributed by atoms with Gasteiger partial charge >= 0.3 is 0 Å². The van der Waals surface area contributed by atoms with Crippen LogP contribution in [-0.4, -0.2) is 34.0 Å². The van der Waals surface area contributed by atoms with Crippen molar-refractivity contribution in [3.63, 3.8) is 0 Å². The number of oxazole rings is 1. The van der Waals surface area contributed by atoms with Crippen LogP contribution in [-0.2, 0) is 16.1 Å². The fourth-order valence-corrected chi connectivity index (χ4v) is 3.21. The molecule has 1 aromatic heterocycles. The van der Waals surface area contributed by atoms with Crippen LogP contribution < -0.4 is 5.73 Å². The number of rotatable bonds is 8. The molecule has 2 N–H and O–H groups in total. The zero-order valence-corrected chi connectivity index (χ0v) is 14.9. The van der Waals surface area contributed by atoms with Crippen LogP contribution in [0.15, 0.2) is 64.2 Å². The molecule has 2 amide bonds. The number of para-hydroxylation sites is 2. The Kier molecular flexibility index (Phi) is 5.91. The summed E-state index contributed by atoms with van der Waals surface area (Å²) in [6.07, 6.45) is 0.131. The fourth-order valence-electron chi connectivity index (χ4n) is 2.47. The number of aromatic nitrogens is 1. The number of nitrogens with zero attached hydrogens (tertiary/aromatic N) is 2. The van der Waals surface area contributed by atoms with Gasteiger partial charge in [-0.2, -0.15) is 0 Å². The van der Waals surface area contributed by atoms with Crippen molar-refractivity contribution in [3.05, 3.63) is 60.2 Å². The van der Waals surface area contributed by atoms with E-state index >= 15 is 0 Å². The normalized spacial score (nSPS) is 10.8. The third kappa shape index (κ3) is 4.86. The fraction of sp³-hybridized carbons (Fsp3) is 0.211. The van der Waals surface area contributed by atoms with Gasteiger partial charge in [0.2, 0.25) is 11.8 Å². The number of hydrogen-bond acceptors (Lipinski definition) is 5. The molecule has 0 atom stereocenters. The number of thioether (sulfide) groups is 1. The predicted molar refractivity (Wildman–Crippen MR) is 100 cm³/mol. The number of benzene rings is 2. The van der Waals surface area contributed by atoms with E-state index in [4.69, 9.17) is 10.2 Å². The zero-order valence-electron chi connectivity index (χ0n) is 14.1. The van der Waals surface area contributed by atoms with Crippen LogP contribution in [0.25, 0.3) is 11.1 Å². The third-order valence-corrected chi connectivity index (χ3v) is 4.60. The van der Waals surface area contributed by atoms with E-state index < -0.39 is 5.91 Å². The molecular weight excluding hydrogens is 350 g/mol. The molecule has 0 saturated heterocycles. The summed E-state index contributed by atoms with van der Waals surface area (Å²) >= 11 is 1.24. The van der Waals surface area contributed by atoms with Crippen molar-refractivity contribution >= 4 is 34.7 Å². The number of hydrogen-bond donors (Lipinski definition) is 1. The molecule has 3 aromatic rings. The Morgan fingerprint density at radius 2 is 1.81 bits per heavy atom. The van der Waals surface area contributed by atoms with Crippen molar-refractivity contribution < 1.29 is 14.0 Å². The first-order valence-corrected chi connectivity index (χ1v) is 9.19. The predicted octanol–water partition coefficient (Wildman–Crippen LogP) is 2.82. The quantitative estimate of drug-likeness (QED) is 0.617. The number of carbonyl (C=O) groups excluding carboxylic acids is 2. The summed E-state index contributed by atoms with van der Waals surface area (Å²) in [6, 6.07) is 17.1. The molecule has 26 heavy (non-hydrogen) atoms. The number of carbonyl (C=O) groups is 2. The minimum atomic E-state index is -0.428. The van der Waals surface area contributed by atoms with Crippen LogP contribution in [0.3, 0.4) is 0 Å². The van der Waals surface area contributed by atoms with E-state index in [9.17, 15) is 9.59 Å². The van der Waals surface area contributed by atoms with Gasteiger partial charge < -0.3 is 15.1 Å². The van der Waals surface area contributed by atoms with E-state index in [1.807, 2.05) is 54.6 Å². The van der Waals surface area contributed by atoms with Gasteiger partial charge in [-0.05, 0) is 17.7 Å². The summed E-state index contributed by atoms with van der Waals surface area (Å²) in [7, 11) is 0. The van der Waals surface area contributed by atoms with Crippen LogP contribution in [0.5, 0.6) is 0 Å². The standard InChI is InChI=1S/C19H19N3O3S/c20-17(23)10-11-22(12-14-6-2-1-3-7-14)18(24)13-26-19-21-15-8-4-5-9-16(15)25-19/h1-9H,10-13H2,(H2,20,23). The first-order valence-electron chi connectivity index (χ1n) is 8.20. The highest BCUT2D eigenvalue weighted by molar-refractivity contribution is 7.99. The second kappa shape index (κ2) is 8.53. The average molecular weight is 369 g/mol. The Morgan fingerprint density at radius 3 is 2.54 bits per heavy atom. The van der Waals surface area contributed by atoms with Crippen molar-refractivity contribution in [1.29, 1.82) is 0 Å². The van der Waals surface area contributed by atoms with E-state index in [1.165, 1.54) is 11.8 Å². The van der Waals surface area contributed by atoms with Crippen LogP contribution in [0.1, 0.15) is 12.0 Å². The zero-order chi connectivity index (χ0) is 18.4. The lowest BCUT2D eigenvalue weighted by Crippen LogP contribution is -2.34. The van der Waals surface area contributed by atoms with E-state index in [0.29, 0.717) is 17.4 Å². The molecule has 0 aliphatic rings. The summed E-state index contributed by atoms with van der Waals surface area (Å²) < 4.78 is 5.62. The smallest absolute Gasteiger partial charge is 0.257 e. The first kappa shape index (κ1) is 18.0. The molecule has 3 rings (SSSR count). The number of primary amides is 1. The molecule has 6 nitrogen and oxygen atoms in total. The minimum absolute atomic E-state index is 0.0950. The Bertz CT molecular complexity index is 862. The van der Waals surface area contributed by atoms with Crippen molar-refractivity contribution in [1.82, 2.24) is 9.88 Å². The second-order valence-electron chi connectivity index (χ2n) is 5.75. The third-order valence-electron chi connectivity index (χ3n) is 3.79. The van der Waals surface area contributed by atoms with Gasteiger partial charge in [0.15, 0.2) is 5.58 Å². The Balaban J connectivity index is 1.64. The molecule has 134 valence electrons. The lowest BCUT2D eigenvalue weighted by molar-refractivity contribution is -0.129. The van der Waals surface area contributed by atoms with Gasteiger partial charge in [0.25, 0.3) is 5.22 Å². The van der Waals surface area contributed by atoms with Gasteiger partial charge in [0.1, 0.15) is 5.52 Å². The molecule has 0 fully saturated rings. The molecule has 0 unspecified atom stereocenters. The molecular formula is C19H19N3O3S. The maximum absolute atomic E-state index is 12.6. The molecule has 0 bridgehead atoms. The summed E-state index contributed by atoms with van der Waals surface area (Å²) in [4.78, 5) is 29.7. The number of fused-ring (bicyclic) bond motifs is 1. The molecule has 0 spiro atoms. The summed E-state index contributed by atoms with van der Waals surface area (Å²) in [5.41, 5.74) is 7.69. The molecule has 0 saturated carbocycles. The minimum Gasteiger partial charge on any atom is -0.431 e. The number of amides is 2. The molecule has 0 aliphatic heterocycles. The SMILES string of the molecule is NC(=O)CCN(Cc1ccccc1)C(=O)CSc1nc2ccccc2o1. The van der Waals surface area contributed by atoms with Gasteiger partial charge in [0, 0.05) is 19.5 Å². The van der Waals surface area contributed by atoms with Crippen molar-refractivity contribution in [2.45, 2.75) is 18.2 Å². The van der Waals surface area contributed by atoms with Gasteiger partial charge in [0.05, 0.1) is 5.75 Å². The van der Waals surface area contributed by atoms with E-state index in [-0.39, 0.29) is 24.6 Å². The Labute approximate surface area is 155 Å². The van der Waals surface area contributed by atoms with Crippen molar-refractivity contribution in [2.75, 3.05) is 12.3 Å². The molecule has 1 heterocycles. The van der Waals surface area contributed by atoms with Gasteiger partial charge in [-0.15, -0.1) is 0 Å². The topological polar surface area (TPSA) is 89.4 Å². The number of nitrogens with two attached hydrogens (primary N) is 1. The summed E-state index contributed by atoms with van der Waals surface area (Å²) in [5.74, 6) is -0.344. The summed E-state index contributed by atoms with van der Waals surface area (Å²) in [5, 5.41) is 0.453. The van der Waals surface area contributed by atoms with Crippen molar-refractivity contribution in [2.24, 2.45) is 5.73 Å². The second-order valence-corrected chi connectivity index (χ2v) is 6.68. The lowest BCUT2D eigenvalue weighted by atomic mass is 10.2. The molecule has 0 aliphatic carbocycles. The van der Waals surface area contributed by atoms with Gasteiger partial charge in [-0.25, -0.2) is 4.98 Å². The molecule has 7 heteroatoms. The van der Waals surface area contributed by atoms with Crippen LogP contribution in [0.4, 0.5) is 0 Å². The van der Waals surface area contributed by atoms with Gasteiger partial charge in [-0.1, -0.05) is 54.2 Å². The molecule has 2 aromatic carbocycles. The first-order chi connectivity index (χ1) is 12.6. The van der Waals surface area contributed by atoms with E-state index in [0.717, 1.165) is 11.1 Å².